The molecule has 10 heavy (non-hydrogen) atoms. The average Bonchev–Trinajstić information content (AvgIpc) is 1.82. The Labute approximate surface area is 61.2 Å². The lowest BCUT2D eigenvalue weighted by Gasteiger charge is -2.07. The molecule has 0 aliphatic rings. The van der Waals surface area contributed by atoms with Gasteiger partial charge in [-0.2, -0.15) is 0 Å². The van der Waals surface area contributed by atoms with Crippen molar-refractivity contribution in [2.45, 2.75) is 32.7 Å². The molecule has 0 saturated heterocycles. The van der Waals surface area contributed by atoms with Crippen molar-refractivity contribution in [3.05, 3.63) is 0 Å². The predicted octanol–water partition coefficient (Wildman–Crippen LogP) is 0.835. The van der Waals surface area contributed by atoms with Crippen LogP contribution >= 0.6 is 0 Å². The highest BCUT2D eigenvalue weighted by atomic mass is 16.4. The van der Waals surface area contributed by atoms with Crippen molar-refractivity contribution in [2.75, 3.05) is 0 Å². The van der Waals surface area contributed by atoms with Crippen molar-refractivity contribution in [2.24, 2.45) is 11.7 Å². The predicted molar refractivity (Wildman–Crippen MR) is 39.7 cm³/mol. The van der Waals surface area contributed by atoms with E-state index in [2.05, 4.69) is 0 Å². The van der Waals surface area contributed by atoms with Crippen molar-refractivity contribution in [3.63, 3.8) is 0 Å². The van der Waals surface area contributed by atoms with Crippen LogP contribution in [0.4, 0.5) is 0 Å². The Bertz CT molecular complexity index is 112. The molecule has 0 unspecified atom stereocenters. The zero-order chi connectivity index (χ0) is 8.15. The van der Waals surface area contributed by atoms with Gasteiger partial charge in [-0.25, -0.2) is 0 Å². The highest BCUT2D eigenvalue weighted by Crippen LogP contribution is 2.06. The number of carboxylic acids is 1. The van der Waals surface area contributed by atoms with Crippen molar-refractivity contribution in [1.82, 2.24) is 0 Å². The molecule has 0 rings (SSSR count). The van der Waals surface area contributed by atoms with Gasteiger partial charge in [0.2, 0.25) is 0 Å². The van der Waals surface area contributed by atoms with Gasteiger partial charge < -0.3 is 10.8 Å². The van der Waals surface area contributed by atoms with E-state index in [1.165, 1.54) is 0 Å². The summed E-state index contributed by atoms with van der Waals surface area (Å²) in [6.45, 7) is 3.58. The van der Waals surface area contributed by atoms with Gasteiger partial charge in [-0.1, -0.05) is 6.92 Å². The molecule has 0 saturated carbocycles. The quantitative estimate of drug-likeness (QED) is 0.616. The minimum atomic E-state index is -0.736. The van der Waals surface area contributed by atoms with Crippen LogP contribution in [-0.4, -0.2) is 17.1 Å². The fourth-order valence-electron chi connectivity index (χ4n) is 0.636. The molecular formula is C7H15NO2. The molecule has 3 N–H and O–H groups in total. The lowest BCUT2D eigenvalue weighted by atomic mass is 10.0. The molecule has 0 amide bonds. The minimum Gasteiger partial charge on any atom is -0.481 e. The molecule has 0 aromatic heterocycles. The van der Waals surface area contributed by atoms with E-state index >= 15 is 0 Å². The third kappa shape index (κ3) is 4.32. The van der Waals surface area contributed by atoms with Crippen LogP contribution in [0.5, 0.6) is 0 Å². The van der Waals surface area contributed by atoms with E-state index in [0.29, 0.717) is 6.42 Å². The Balaban J connectivity index is 3.40. The van der Waals surface area contributed by atoms with Crippen LogP contribution in [0.25, 0.3) is 0 Å². The summed E-state index contributed by atoms with van der Waals surface area (Å²) >= 11 is 0. The fraction of sp³-hybridized carbons (Fsp3) is 0.857. The molecule has 0 aromatic rings. The van der Waals surface area contributed by atoms with Crippen LogP contribution < -0.4 is 5.73 Å². The zero-order valence-corrected chi connectivity index (χ0v) is 6.50. The number of nitrogens with two attached hydrogens (primary N) is 1. The minimum absolute atomic E-state index is 0.113. The number of rotatable bonds is 4. The van der Waals surface area contributed by atoms with Crippen molar-refractivity contribution in [3.8, 4) is 0 Å². The Morgan fingerprint density at radius 3 is 2.30 bits per heavy atom. The molecule has 0 heterocycles. The first kappa shape index (κ1) is 9.43. The van der Waals surface area contributed by atoms with E-state index in [1.54, 1.807) is 6.92 Å². The van der Waals surface area contributed by atoms with Gasteiger partial charge in [0, 0.05) is 6.04 Å². The normalized spacial score (nSPS) is 16.3. The van der Waals surface area contributed by atoms with Gasteiger partial charge in [0.15, 0.2) is 0 Å². The summed E-state index contributed by atoms with van der Waals surface area (Å²) in [6.07, 6.45) is 1.46. The lowest BCUT2D eigenvalue weighted by molar-refractivity contribution is -0.141. The maximum Gasteiger partial charge on any atom is 0.306 e. The highest BCUT2D eigenvalue weighted by Gasteiger charge is 2.10. The molecule has 3 nitrogen and oxygen atoms in total. The summed E-state index contributed by atoms with van der Waals surface area (Å²) < 4.78 is 0. The Morgan fingerprint density at radius 2 is 2.00 bits per heavy atom. The highest BCUT2D eigenvalue weighted by molar-refractivity contribution is 5.69. The smallest absolute Gasteiger partial charge is 0.306 e. The monoisotopic (exact) mass is 145 g/mol. The Morgan fingerprint density at radius 1 is 1.50 bits per heavy atom. The summed E-state index contributed by atoms with van der Waals surface area (Å²) in [5.41, 5.74) is 5.45. The summed E-state index contributed by atoms with van der Waals surface area (Å²) in [5.74, 6) is -0.994. The first-order valence-corrected chi connectivity index (χ1v) is 3.52. The topological polar surface area (TPSA) is 63.3 Å². The zero-order valence-electron chi connectivity index (χ0n) is 6.50. The molecule has 3 heteroatoms. The first-order valence-electron chi connectivity index (χ1n) is 3.52. The van der Waals surface area contributed by atoms with Gasteiger partial charge in [0.05, 0.1) is 5.92 Å². The molecule has 0 bridgehead atoms. The van der Waals surface area contributed by atoms with Gasteiger partial charge in [-0.15, -0.1) is 0 Å². The number of aliphatic carboxylic acids is 1. The molecular weight excluding hydrogens is 130 g/mol. The van der Waals surface area contributed by atoms with Gasteiger partial charge in [0.1, 0.15) is 0 Å². The lowest BCUT2D eigenvalue weighted by Crippen LogP contribution is -2.18. The Kier molecular flexibility index (Phi) is 4.03. The summed E-state index contributed by atoms with van der Waals surface area (Å²) in [4.78, 5) is 10.3. The van der Waals surface area contributed by atoms with E-state index < -0.39 is 5.97 Å². The molecule has 0 aliphatic heterocycles. The molecule has 0 aromatic carbocycles. The third-order valence-electron chi connectivity index (χ3n) is 1.48. The summed E-state index contributed by atoms with van der Waals surface area (Å²) in [6, 6.07) is 0.113. The van der Waals surface area contributed by atoms with E-state index in [1.807, 2.05) is 6.92 Å². The second-order valence-corrected chi connectivity index (χ2v) is 2.79. The van der Waals surface area contributed by atoms with Gasteiger partial charge >= 0.3 is 5.97 Å². The number of hydrogen-bond donors (Lipinski definition) is 2. The number of carbonyl (C=O) groups is 1. The standard InChI is InChI=1S/C7H15NO2/c1-5(7(9)10)3-4-6(2)8/h5-6H,3-4,8H2,1-2H3,(H,9,10)/t5-,6+/m0/s1. The van der Waals surface area contributed by atoms with Crippen LogP contribution in [0.3, 0.4) is 0 Å². The van der Waals surface area contributed by atoms with E-state index in [-0.39, 0.29) is 12.0 Å². The molecule has 2 atom stereocenters. The van der Waals surface area contributed by atoms with Crippen LogP contribution in [-0.2, 0) is 4.79 Å². The third-order valence-corrected chi connectivity index (χ3v) is 1.48. The molecule has 0 spiro atoms. The van der Waals surface area contributed by atoms with Crippen LogP contribution in [0.15, 0.2) is 0 Å². The summed E-state index contributed by atoms with van der Waals surface area (Å²) in [5, 5.41) is 8.45. The average molecular weight is 145 g/mol. The van der Waals surface area contributed by atoms with Crippen LogP contribution in [0.1, 0.15) is 26.7 Å². The van der Waals surface area contributed by atoms with Gasteiger partial charge in [-0.05, 0) is 19.8 Å². The van der Waals surface area contributed by atoms with Crippen LogP contribution in [0.2, 0.25) is 0 Å². The van der Waals surface area contributed by atoms with Crippen molar-refractivity contribution >= 4 is 5.97 Å². The van der Waals surface area contributed by atoms with E-state index in [0.717, 1.165) is 6.42 Å². The molecule has 60 valence electrons. The van der Waals surface area contributed by atoms with Crippen LogP contribution in [0, 0.1) is 5.92 Å². The number of hydrogen-bond acceptors (Lipinski definition) is 2. The molecule has 0 fully saturated rings. The first-order chi connectivity index (χ1) is 4.54. The van der Waals surface area contributed by atoms with E-state index in [4.69, 9.17) is 10.8 Å². The van der Waals surface area contributed by atoms with E-state index in [9.17, 15) is 4.79 Å². The maximum atomic E-state index is 10.3. The summed E-state index contributed by atoms with van der Waals surface area (Å²) in [7, 11) is 0. The fourth-order valence-corrected chi connectivity index (χ4v) is 0.636. The number of carboxylic acid groups (broad SMARTS) is 1. The van der Waals surface area contributed by atoms with Gasteiger partial charge in [-0.3, -0.25) is 4.79 Å². The largest absolute Gasteiger partial charge is 0.481 e. The molecule has 0 aliphatic carbocycles. The molecule has 0 radical (unpaired) electrons. The Hall–Kier alpha value is -0.570. The second kappa shape index (κ2) is 4.28. The SMILES string of the molecule is C[C@@H](N)CC[C@H](C)C(=O)O. The van der Waals surface area contributed by atoms with Crippen molar-refractivity contribution < 1.29 is 9.90 Å². The second-order valence-electron chi connectivity index (χ2n) is 2.79. The maximum absolute atomic E-state index is 10.3. The van der Waals surface area contributed by atoms with Crippen molar-refractivity contribution in [1.29, 1.82) is 0 Å². The van der Waals surface area contributed by atoms with Gasteiger partial charge in [0.25, 0.3) is 0 Å².